The van der Waals surface area contributed by atoms with Crippen LogP contribution in [0, 0.1) is 5.92 Å². The van der Waals surface area contributed by atoms with Crippen molar-refractivity contribution >= 4 is 33.3 Å². The third-order valence-electron chi connectivity index (χ3n) is 4.57. The zero-order chi connectivity index (χ0) is 17.6. The van der Waals surface area contributed by atoms with Gasteiger partial charge in [0.25, 0.3) is 0 Å². The molecule has 2 N–H and O–H groups in total. The van der Waals surface area contributed by atoms with Gasteiger partial charge in [-0.2, -0.15) is 9.78 Å². The molecule has 1 aliphatic carbocycles. The second kappa shape index (κ2) is 6.11. The number of carbonyl (C=O) groups excluding carboxylic acids is 1. The molecule has 0 amide bonds. The van der Waals surface area contributed by atoms with E-state index in [0.29, 0.717) is 11.7 Å². The molecule has 3 heterocycles. The topological polar surface area (TPSA) is 95.9 Å². The Morgan fingerprint density at radius 2 is 2.32 bits per heavy atom. The van der Waals surface area contributed by atoms with E-state index in [9.17, 15) is 4.79 Å². The fourth-order valence-electron chi connectivity index (χ4n) is 3.31. The first-order valence-corrected chi connectivity index (χ1v) is 9.18. The average molecular weight is 357 g/mol. The van der Waals surface area contributed by atoms with Crippen LogP contribution in [0.25, 0.3) is 16.0 Å². The lowest BCUT2D eigenvalue weighted by atomic mass is 9.89. The molecule has 3 aromatic rings. The second-order valence-corrected chi connectivity index (χ2v) is 7.39. The Balaban J connectivity index is 1.87. The van der Waals surface area contributed by atoms with E-state index < -0.39 is 5.97 Å². The van der Waals surface area contributed by atoms with Crippen molar-refractivity contribution in [2.45, 2.75) is 33.1 Å². The van der Waals surface area contributed by atoms with E-state index in [2.05, 4.69) is 22.0 Å². The number of aryl methyl sites for hydroxylation is 1. The zero-order valence-electron chi connectivity index (χ0n) is 14.2. The summed E-state index contributed by atoms with van der Waals surface area (Å²) in [5.74, 6) is 1.08. The van der Waals surface area contributed by atoms with Crippen LogP contribution in [0.5, 0.6) is 0 Å². The molecule has 0 bridgehead atoms. The Labute approximate surface area is 148 Å². The number of anilines is 1. The van der Waals surface area contributed by atoms with E-state index in [4.69, 9.17) is 10.5 Å². The highest BCUT2D eigenvalue weighted by Crippen LogP contribution is 2.39. The number of nitrogen functional groups attached to an aromatic ring is 1. The number of carbonyl (C=O) groups is 1. The summed E-state index contributed by atoms with van der Waals surface area (Å²) in [4.78, 5) is 23.2. The summed E-state index contributed by atoms with van der Waals surface area (Å²) >= 11 is 1.71. The molecular formula is C17H19N5O2S. The van der Waals surface area contributed by atoms with Gasteiger partial charge in [-0.25, -0.2) is 14.8 Å². The largest absolute Gasteiger partial charge is 0.462 e. The quantitative estimate of drug-likeness (QED) is 0.724. The normalized spacial score (nSPS) is 16.8. The van der Waals surface area contributed by atoms with Crippen molar-refractivity contribution in [3.8, 4) is 5.82 Å². The molecular weight excluding hydrogens is 338 g/mol. The van der Waals surface area contributed by atoms with Crippen molar-refractivity contribution in [3.63, 3.8) is 0 Å². The number of thiophene rings is 1. The summed E-state index contributed by atoms with van der Waals surface area (Å²) in [6.07, 6.45) is 6.17. The highest BCUT2D eigenvalue weighted by Gasteiger charge is 2.25. The van der Waals surface area contributed by atoms with Crippen LogP contribution in [-0.2, 0) is 17.6 Å². The lowest BCUT2D eigenvalue weighted by molar-refractivity contribution is 0.0527. The van der Waals surface area contributed by atoms with Gasteiger partial charge in [0.05, 0.1) is 18.2 Å². The molecule has 0 saturated carbocycles. The minimum Gasteiger partial charge on any atom is -0.462 e. The van der Waals surface area contributed by atoms with Crippen molar-refractivity contribution < 1.29 is 9.53 Å². The fourth-order valence-corrected chi connectivity index (χ4v) is 4.66. The standard InChI is InChI=1S/C17H19N5O2S/c1-3-24-17(23)11-7-21-22(14(11)18)15-13-10-5-4-9(2)6-12(10)25-16(13)20-8-19-15/h7-9H,3-6,18H2,1-2H3/t9-/m1/s1. The second-order valence-electron chi connectivity index (χ2n) is 6.30. The molecule has 1 aliphatic rings. The number of aromatic nitrogens is 4. The predicted octanol–water partition coefficient (Wildman–Crippen LogP) is 2.76. The molecule has 0 unspecified atom stereocenters. The Kier molecular flexibility index (Phi) is 3.91. The van der Waals surface area contributed by atoms with Gasteiger partial charge in [0.1, 0.15) is 22.5 Å². The molecule has 130 valence electrons. The number of ether oxygens (including phenoxy) is 1. The summed E-state index contributed by atoms with van der Waals surface area (Å²) in [5.41, 5.74) is 7.72. The first kappa shape index (κ1) is 16.0. The van der Waals surface area contributed by atoms with Gasteiger partial charge in [-0.3, -0.25) is 0 Å². The van der Waals surface area contributed by atoms with Crippen molar-refractivity contribution in [2.24, 2.45) is 5.92 Å². The van der Waals surface area contributed by atoms with Gasteiger partial charge in [-0.15, -0.1) is 11.3 Å². The minimum absolute atomic E-state index is 0.238. The van der Waals surface area contributed by atoms with E-state index in [1.165, 1.54) is 27.6 Å². The summed E-state index contributed by atoms with van der Waals surface area (Å²) in [5, 5.41) is 5.29. The van der Waals surface area contributed by atoms with Crippen LogP contribution >= 0.6 is 11.3 Å². The van der Waals surface area contributed by atoms with Crippen LogP contribution in [0.15, 0.2) is 12.5 Å². The van der Waals surface area contributed by atoms with Crippen molar-refractivity contribution in [1.82, 2.24) is 19.7 Å². The Hall–Kier alpha value is -2.48. The molecule has 4 rings (SSSR count). The van der Waals surface area contributed by atoms with Gasteiger partial charge < -0.3 is 10.5 Å². The Morgan fingerprint density at radius 3 is 3.12 bits per heavy atom. The number of nitrogens with zero attached hydrogens (tertiary/aromatic N) is 4. The molecule has 0 aromatic carbocycles. The van der Waals surface area contributed by atoms with Gasteiger partial charge in [0.2, 0.25) is 0 Å². The van der Waals surface area contributed by atoms with Gasteiger partial charge in [-0.05, 0) is 37.7 Å². The monoisotopic (exact) mass is 357 g/mol. The number of fused-ring (bicyclic) bond motifs is 3. The van der Waals surface area contributed by atoms with Crippen molar-refractivity contribution in [3.05, 3.63) is 28.5 Å². The fraction of sp³-hybridized carbons (Fsp3) is 0.412. The maximum absolute atomic E-state index is 12.0. The van der Waals surface area contributed by atoms with E-state index >= 15 is 0 Å². The van der Waals surface area contributed by atoms with Gasteiger partial charge in [0, 0.05) is 4.88 Å². The Morgan fingerprint density at radius 1 is 1.48 bits per heavy atom. The van der Waals surface area contributed by atoms with Crippen molar-refractivity contribution in [2.75, 3.05) is 12.3 Å². The van der Waals surface area contributed by atoms with Gasteiger partial charge in [0.15, 0.2) is 5.82 Å². The number of rotatable bonds is 3. The maximum Gasteiger partial charge on any atom is 0.343 e. The van der Waals surface area contributed by atoms with Crippen LogP contribution in [0.4, 0.5) is 5.82 Å². The third-order valence-corrected chi connectivity index (χ3v) is 5.74. The number of nitrogens with two attached hydrogens (primary N) is 1. The summed E-state index contributed by atoms with van der Waals surface area (Å²) in [6, 6.07) is 0. The maximum atomic E-state index is 12.0. The molecule has 0 aliphatic heterocycles. The lowest BCUT2D eigenvalue weighted by Crippen LogP contribution is -2.11. The van der Waals surface area contributed by atoms with Crippen LogP contribution < -0.4 is 5.73 Å². The highest BCUT2D eigenvalue weighted by molar-refractivity contribution is 7.18. The zero-order valence-corrected chi connectivity index (χ0v) is 15.0. The summed E-state index contributed by atoms with van der Waals surface area (Å²) in [6.45, 7) is 4.32. The summed E-state index contributed by atoms with van der Waals surface area (Å²) in [7, 11) is 0. The highest BCUT2D eigenvalue weighted by atomic mass is 32.1. The van der Waals surface area contributed by atoms with Gasteiger partial charge in [-0.1, -0.05) is 6.92 Å². The van der Waals surface area contributed by atoms with E-state index in [-0.39, 0.29) is 18.0 Å². The van der Waals surface area contributed by atoms with Crippen molar-refractivity contribution in [1.29, 1.82) is 0 Å². The summed E-state index contributed by atoms with van der Waals surface area (Å²) < 4.78 is 6.54. The molecule has 0 radical (unpaired) electrons. The molecule has 0 fully saturated rings. The predicted molar refractivity (Wildman–Crippen MR) is 96.1 cm³/mol. The number of esters is 1. The van der Waals surface area contributed by atoms with Crippen LogP contribution in [0.2, 0.25) is 0 Å². The van der Waals surface area contributed by atoms with Crippen LogP contribution in [0.3, 0.4) is 0 Å². The molecule has 1 atom stereocenters. The molecule has 0 saturated heterocycles. The average Bonchev–Trinajstić information content (AvgIpc) is 3.14. The van der Waals surface area contributed by atoms with Crippen LogP contribution in [0.1, 0.15) is 41.1 Å². The minimum atomic E-state index is -0.474. The van der Waals surface area contributed by atoms with E-state index in [1.54, 1.807) is 18.3 Å². The third kappa shape index (κ3) is 2.57. The molecule has 7 nitrogen and oxygen atoms in total. The van der Waals surface area contributed by atoms with E-state index in [0.717, 1.165) is 29.5 Å². The van der Waals surface area contributed by atoms with Gasteiger partial charge >= 0.3 is 5.97 Å². The molecule has 0 spiro atoms. The Bertz CT molecular complexity index is 962. The lowest BCUT2D eigenvalue weighted by Gasteiger charge is -2.18. The number of hydrogen-bond acceptors (Lipinski definition) is 7. The SMILES string of the molecule is CCOC(=O)c1cnn(-c2ncnc3sc4c(c23)CC[C@@H](C)C4)c1N. The smallest absolute Gasteiger partial charge is 0.343 e. The van der Waals surface area contributed by atoms with E-state index in [1.807, 2.05) is 0 Å². The molecule has 25 heavy (non-hydrogen) atoms. The number of hydrogen-bond donors (Lipinski definition) is 1. The van der Waals surface area contributed by atoms with Crippen LogP contribution in [-0.4, -0.2) is 32.3 Å². The first-order valence-electron chi connectivity index (χ1n) is 8.36. The molecule has 3 aromatic heterocycles. The molecule has 8 heteroatoms. The first-order chi connectivity index (χ1) is 12.1.